The number of amides is 1. The smallest absolute Gasteiger partial charge is 0.250 e. The van der Waals surface area contributed by atoms with Gasteiger partial charge in [-0.05, 0) is 60.1 Å². The molecule has 0 atom stereocenters. The number of ether oxygens (including phenoxy) is 1. The predicted molar refractivity (Wildman–Crippen MR) is 129 cm³/mol. The molecule has 1 amide bonds. The molecule has 0 spiro atoms. The molecule has 5 nitrogen and oxygen atoms in total. The van der Waals surface area contributed by atoms with E-state index in [1.54, 1.807) is 12.1 Å². The molecule has 0 radical (unpaired) electrons. The van der Waals surface area contributed by atoms with Gasteiger partial charge in [0.1, 0.15) is 5.75 Å². The van der Waals surface area contributed by atoms with E-state index in [1.165, 1.54) is 42.8 Å². The number of carbonyl (C=O) groups excluding carboxylic acids is 1. The molecule has 2 aromatic carbocycles. The lowest BCUT2D eigenvalue weighted by Crippen LogP contribution is -2.35. The highest BCUT2D eigenvalue weighted by atomic mass is 16.5. The van der Waals surface area contributed by atoms with Gasteiger partial charge in [-0.1, -0.05) is 51.1 Å². The summed E-state index contributed by atoms with van der Waals surface area (Å²) in [6, 6.07) is 16.3. The molecule has 1 aliphatic carbocycles. The molecular weight excluding hydrogens is 398 g/mol. The standard InChI is InChI=1S/C27H33N3O2/c1-27(2,3)20-11-13-21(14-12-20)29-16-18-6-4-8-23-22(18)7-5-9-24(23)32-25-15-10-19(17-30-25)26(28)31/h4-10,15,17,20-21,29H,11-14,16H2,1-3H3,(H2,28,31). The number of aromatic nitrogens is 1. The fourth-order valence-electron chi connectivity index (χ4n) is 4.71. The number of primary amides is 1. The Balaban J connectivity index is 1.46. The minimum atomic E-state index is -0.502. The van der Waals surface area contributed by atoms with Crippen molar-refractivity contribution in [2.24, 2.45) is 17.1 Å². The van der Waals surface area contributed by atoms with Crippen molar-refractivity contribution in [1.29, 1.82) is 0 Å². The molecule has 5 heteroatoms. The third-order valence-electron chi connectivity index (χ3n) is 6.74. The lowest BCUT2D eigenvalue weighted by molar-refractivity contribution is 0.1000. The number of hydrogen-bond acceptors (Lipinski definition) is 4. The summed E-state index contributed by atoms with van der Waals surface area (Å²) in [4.78, 5) is 15.5. The summed E-state index contributed by atoms with van der Waals surface area (Å²) in [7, 11) is 0. The zero-order chi connectivity index (χ0) is 22.7. The lowest BCUT2D eigenvalue weighted by Gasteiger charge is -2.37. The highest BCUT2D eigenvalue weighted by Crippen LogP contribution is 2.38. The molecular formula is C27H33N3O2. The Morgan fingerprint density at radius 1 is 1.03 bits per heavy atom. The average Bonchev–Trinajstić information content (AvgIpc) is 2.78. The summed E-state index contributed by atoms with van der Waals surface area (Å²) in [5, 5.41) is 6.01. The molecule has 0 aliphatic heterocycles. The number of carbonyl (C=O) groups is 1. The number of nitrogens with two attached hydrogens (primary N) is 1. The third-order valence-corrected chi connectivity index (χ3v) is 6.74. The van der Waals surface area contributed by atoms with Gasteiger partial charge < -0.3 is 15.8 Å². The summed E-state index contributed by atoms with van der Waals surface area (Å²) in [6.45, 7) is 7.94. The van der Waals surface area contributed by atoms with Gasteiger partial charge in [-0.2, -0.15) is 0 Å². The molecule has 0 saturated heterocycles. The molecule has 0 bridgehead atoms. The van der Waals surface area contributed by atoms with Crippen LogP contribution in [0.2, 0.25) is 0 Å². The quantitative estimate of drug-likeness (QED) is 0.515. The Kier molecular flexibility index (Phi) is 6.47. The first-order valence-corrected chi connectivity index (χ1v) is 11.5. The van der Waals surface area contributed by atoms with Crippen molar-refractivity contribution in [3.63, 3.8) is 0 Å². The van der Waals surface area contributed by atoms with Crippen LogP contribution < -0.4 is 15.8 Å². The van der Waals surface area contributed by atoms with E-state index in [-0.39, 0.29) is 0 Å². The molecule has 3 N–H and O–H groups in total. The topological polar surface area (TPSA) is 77.2 Å². The van der Waals surface area contributed by atoms with Crippen LogP contribution in [0, 0.1) is 11.3 Å². The van der Waals surface area contributed by atoms with Crippen molar-refractivity contribution >= 4 is 16.7 Å². The average molecular weight is 432 g/mol. The van der Waals surface area contributed by atoms with Gasteiger partial charge in [0.15, 0.2) is 0 Å². The minimum absolute atomic E-state index is 0.361. The van der Waals surface area contributed by atoms with Gasteiger partial charge in [0.25, 0.3) is 0 Å². The second-order valence-electron chi connectivity index (χ2n) is 9.92. The van der Waals surface area contributed by atoms with E-state index in [0.29, 0.717) is 22.9 Å². The zero-order valence-corrected chi connectivity index (χ0v) is 19.2. The SMILES string of the molecule is CC(C)(C)C1CCC(NCc2cccc3c(Oc4ccc(C(N)=O)cn4)cccc23)CC1. The number of pyridine rings is 1. The van der Waals surface area contributed by atoms with E-state index in [0.717, 1.165) is 23.6 Å². The van der Waals surface area contributed by atoms with Crippen LogP contribution >= 0.6 is 0 Å². The largest absolute Gasteiger partial charge is 0.438 e. The fraction of sp³-hybridized carbons (Fsp3) is 0.407. The molecule has 1 aliphatic rings. The van der Waals surface area contributed by atoms with Crippen molar-refractivity contribution in [1.82, 2.24) is 10.3 Å². The van der Waals surface area contributed by atoms with Crippen molar-refractivity contribution in [2.75, 3.05) is 0 Å². The highest BCUT2D eigenvalue weighted by molar-refractivity contribution is 5.92. The molecule has 0 unspecified atom stereocenters. The van der Waals surface area contributed by atoms with Gasteiger partial charge in [-0.15, -0.1) is 0 Å². The Bertz CT molecular complexity index is 1080. The second kappa shape index (κ2) is 9.29. The zero-order valence-electron chi connectivity index (χ0n) is 19.2. The Labute approximate surface area is 190 Å². The maximum Gasteiger partial charge on any atom is 0.250 e. The van der Waals surface area contributed by atoms with Gasteiger partial charge in [0.05, 0.1) is 5.56 Å². The highest BCUT2D eigenvalue weighted by Gasteiger charge is 2.29. The first kappa shape index (κ1) is 22.3. The van der Waals surface area contributed by atoms with Gasteiger partial charge in [-0.3, -0.25) is 4.79 Å². The number of nitrogens with one attached hydrogen (secondary N) is 1. The van der Waals surface area contributed by atoms with Crippen molar-refractivity contribution in [3.05, 3.63) is 65.9 Å². The van der Waals surface area contributed by atoms with Crippen LogP contribution in [0.15, 0.2) is 54.7 Å². The monoisotopic (exact) mass is 431 g/mol. The summed E-state index contributed by atoms with van der Waals surface area (Å²) < 4.78 is 6.04. The normalized spacial score (nSPS) is 19.1. The van der Waals surface area contributed by atoms with E-state index in [2.05, 4.69) is 55.3 Å². The van der Waals surface area contributed by atoms with Gasteiger partial charge in [0.2, 0.25) is 11.8 Å². The van der Waals surface area contributed by atoms with E-state index >= 15 is 0 Å². The van der Waals surface area contributed by atoms with Gasteiger partial charge >= 0.3 is 0 Å². The van der Waals surface area contributed by atoms with E-state index < -0.39 is 5.91 Å². The molecule has 1 fully saturated rings. The molecule has 3 aromatic rings. The lowest BCUT2D eigenvalue weighted by atomic mass is 9.71. The van der Waals surface area contributed by atoms with E-state index in [1.807, 2.05) is 12.1 Å². The van der Waals surface area contributed by atoms with Crippen LogP contribution in [0.5, 0.6) is 11.6 Å². The maximum absolute atomic E-state index is 11.3. The number of rotatable bonds is 6. The predicted octanol–water partition coefficient (Wildman–Crippen LogP) is 5.82. The van der Waals surface area contributed by atoms with Gasteiger partial charge in [0, 0.05) is 30.2 Å². The van der Waals surface area contributed by atoms with Crippen molar-refractivity contribution in [2.45, 2.75) is 59.0 Å². The van der Waals surface area contributed by atoms with Crippen molar-refractivity contribution < 1.29 is 9.53 Å². The molecule has 4 rings (SSSR count). The fourth-order valence-corrected chi connectivity index (χ4v) is 4.71. The van der Waals surface area contributed by atoms with Crippen LogP contribution in [0.25, 0.3) is 10.8 Å². The molecule has 168 valence electrons. The summed E-state index contributed by atoms with van der Waals surface area (Å²) >= 11 is 0. The Morgan fingerprint density at radius 3 is 2.41 bits per heavy atom. The summed E-state index contributed by atoms with van der Waals surface area (Å²) in [5.41, 5.74) is 7.33. The van der Waals surface area contributed by atoms with Crippen LogP contribution in [0.3, 0.4) is 0 Å². The molecule has 1 aromatic heterocycles. The Hall–Kier alpha value is -2.92. The summed E-state index contributed by atoms with van der Waals surface area (Å²) in [5.74, 6) is 1.50. The summed E-state index contributed by atoms with van der Waals surface area (Å²) in [6.07, 6.45) is 6.53. The number of nitrogens with zero attached hydrogens (tertiary/aromatic N) is 1. The first-order chi connectivity index (χ1) is 15.3. The van der Waals surface area contributed by atoms with Gasteiger partial charge in [-0.25, -0.2) is 4.98 Å². The van der Waals surface area contributed by atoms with Crippen LogP contribution in [-0.2, 0) is 6.54 Å². The minimum Gasteiger partial charge on any atom is -0.438 e. The number of benzene rings is 2. The number of hydrogen-bond donors (Lipinski definition) is 2. The molecule has 32 heavy (non-hydrogen) atoms. The van der Waals surface area contributed by atoms with Crippen molar-refractivity contribution in [3.8, 4) is 11.6 Å². The van der Waals surface area contributed by atoms with Crippen LogP contribution in [-0.4, -0.2) is 16.9 Å². The van der Waals surface area contributed by atoms with Crippen LogP contribution in [0.1, 0.15) is 62.4 Å². The Morgan fingerprint density at radius 2 is 1.75 bits per heavy atom. The van der Waals surface area contributed by atoms with Crippen LogP contribution in [0.4, 0.5) is 0 Å². The third kappa shape index (κ3) is 5.10. The van der Waals surface area contributed by atoms with E-state index in [4.69, 9.17) is 10.5 Å². The maximum atomic E-state index is 11.3. The second-order valence-corrected chi connectivity index (χ2v) is 9.92. The molecule has 1 heterocycles. The molecule has 1 saturated carbocycles. The number of fused-ring (bicyclic) bond motifs is 1. The first-order valence-electron chi connectivity index (χ1n) is 11.5. The van der Waals surface area contributed by atoms with E-state index in [9.17, 15) is 4.79 Å².